The smallest absolute Gasteiger partial charge is 0.333 e. The second-order valence-corrected chi connectivity index (χ2v) is 2.85. The van der Waals surface area contributed by atoms with Crippen LogP contribution in [0.5, 0.6) is 0 Å². The molecule has 60 valence electrons. The number of aliphatic hydroxyl groups excluding tert-OH is 1. The van der Waals surface area contributed by atoms with Gasteiger partial charge in [0, 0.05) is 12.8 Å². The number of nitrogens with one attached hydrogen (secondary N) is 1. The maximum Gasteiger partial charge on any atom is 0.333 e. The lowest BCUT2D eigenvalue weighted by atomic mass is 10.4. The van der Waals surface area contributed by atoms with Crippen molar-refractivity contribution < 1.29 is 19.2 Å². The van der Waals surface area contributed by atoms with Crippen LogP contribution in [0.25, 0.3) is 0 Å². The van der Waals surface area contributed by atoms with Crippen LogP contribution in [0.15, 0.2) is 0 Å². The number of carbonyl (C=O) groups is 1. The maximum absolute atomic E-state index is 10.3. The largest absolute Gasteiger partial charge is 0.479 e. The molecule has 0 fully saturated rings. The second kappa shape index (κ2) is 4.37. The standard InChI is InChI=1S/C4H9NO4S/c1-10(9)5-2-3(6)4(7)8/h3,5-6H,2H2,1H3,(H,7,8). The number of carboxylic acid groups (broad SMARTS) is 1. The molecule has 5 nitrogen and oxygen atoms in total. The van der Waals surface area contributed by atoms with Crippen LogP contribution >= 0.6 is 0 Å². The Labute approximate surface area is 60.6 Å². The van der Waals surface area contributed by atoms with E-state index in [4.69, 9.17) is 10.2 Å². The van der Waals surface area contributed by atoms with Gasteiger partial charge in [-0.15, -0.1) is 0 Å². The summed E-state index contributed by atoms with van der Waals surface area (Å²) in [6.45, 7) is -0.196. The Bertz CT molecular complexity index is 148. The topological polar surface area (TPSA) is 86.6 Å². The molecule has 0 aliphatic rings. The van der Waals surface area contributed by atoms with Crippen molar-refractivity contribution in [2.75, 3.05) is 12.8 Å². The van der Waals surface area contributed by atoms with E-state index >= 15 is 0 Å². The van der Waals surface area contributed by atoms with Gasteiger partial charge in [0.1, 0.15) is 0 Å². The highest BCUT2D eigenvalue weighted by molar-refractivity contribution is 7.82. The van der Waals surface area contributed by atoms with Gasteiger partial charge in [-0.25, -0.2) is 13.7 Å². The fourth-order valence-electron chi connectivity index (χ4n) is 0.284. The summed E-state index contributed by atoms with van der Waals surface area (Å²) in [5.41, 5.74) is 0. The molecule has 10 heavy (non-hydrogen) atoms. The lowest BCUT2D eigenvalue weighted by molar-refractivity contribution is -0.146. The van der Waals surface area contributed by atoms with Gasteiger partial charge in [-0.1, -0.05) is 0 Å². The van der Waals surface area contributed by atoms with Gasteiger partial charge < -0.3 is 10.2 Å². The number of hydrogen-bond donors (Lipinski definition) is 3. The van der Waals surface area contributed by atoms with E-state index in [0.717, 1.165) is 0 Å². The molecule has 0 amide bonds. The van der Waals surface area contributed by atoms with E-state index in [1.807, 2.05) is 0 Å². The molecule has 0 bridgehead atoms. The number of hydrogen-bond acceptors (Lipinski definition) is 3. The average molecular weight is 167 g/mol. The first-order valence-corrected chi connectivity index (χ1v) is 4.07. The van der Waals surface area contributed by atoms with E-state index in [0.29, 0.717) is 0 Å². The first-order valence-electron chi connectivity index (χ1n) is 2.52. The van der Waals surface area contributed by atoms with Gasteiger partial charge in [0.15, 0.2) is 6.10 Å². The first kappa shape index (κ1) is 9.54. The fraction of sp³-hybridized carbons (Fsp3) is 0.750. The van der Waals surface area contributed by atoms with Crippen LogP contribution in [-0.2, 0) is 15.8 Å². The molecule has 0 aliphatic carbocycles. The monoisotopic (exact) mass is 167 g/mol. The van der Waals surface area contributed by atoms with Gasteiger partial charge in [0.25, 0.3) is 0 Å². The molecule has 0 saturated heterocycles. The summed E-state index contributed by atoms with van der Waals surface area (Å²) in [5, 5.41) is 16.7. The quantitative estimate of drug-likeness (QED) is 0.466. The zero-order chi connectivity index (χ0) is 8.15. The van der Waals surface area contributed by atoms with Crippen molar-refractivity contribution in [1.29, 1.82) is 0 Å². The van der Waals surface area contributed by atoms with Crippen molar-refractivity contribution in [3.05, 3.63) is 0 Å². The fourth-order valence-corrected chi connectivity index (χ4v) is 0.676. The van der Waals surface area contributed by atoms with Gasteiger partial charge in [-0.05, 0) is 0 Å². The second-order valence-electron chi connectivity index (χ2n) is 1.66. The summed E-state index contributed by atoms with van der Waals surface area (Å²) in [6.07, 6.45) is -0.127. The van der Waals surface area contributed by atoms with Crippen LogP contribution in [0.2, 0.25) is 0 Å². The maximum atomic E-state index is 10.3. The molecule has 0 aromatic rings. The van der Waals surface area contributed by atoms with Gasteiger partial charge in [0.05, 0.1) is 11.0 Å². The van der Waals surface area contributed by atoms with Gasteiger partial charge in [0.2, 0.25) is 0 Å². The lowest BCUT2D eigenvalue weighted by Gasteiger charge is -2.03. The van der Waals surface area contributed by atoms with Crippen LogP contribution < -0.4 is 4.72 Å². The third-order valence-corrected chi connectivity index (χ3v) is 1.34. The van der Waals surface area contributed by atoms with Crippen molar-refractivity contribution in [2.45, 2.75) is 6.10 Å². The average Bonchev–Trinajstić information content (AvgIpc) is 1.82. The summed E-state index contributed by atoms with van der Waals surface area (Å²) in [5.74, 6) is -1.32. The molecule has 2 unspecified atom stereocenters. The SMILES string of the molecule is CS(=O)NCC(O)C(=O)O. The van der Waals surface area contributed by atoms with Crippen molar-refractivity contribution in [1.82, 2.24) is 4.72 Å². The minimum atomic E-state index is -1.48. The Morgan fingerprint density at radius 1 is 1.80 bits per heavy atom. The summed E-state index contributed by atoms with van der Waals surface area (Å²) in [7, 11) is -1.28. The zero-order valence-corrected chi connectivity index (χ0v) is 6.22. The Balaban J connectivity index is 3.49. The Kier molecular flexibility index (Phi) is 4.17. The molecule has 0 aliphatic heterocycles. The molecule has 0 rings (SSSR count). The molecular formula is C4H9NO4S. The van der Waals surface area contributed by atoms with E-state index in [-0.39, 0.29) is 6.54 Å². The molecule has 0 saturated carbocycles. The number of aliphatic carboxylic acids is 1. The van der Waals surface area contributed by atoms with E-state index in [1.165, 1.54) is 6.26 Å². The molecule has 0 heterocycles. The van der Waals surface area contributed by atoms with Crippen molar-refractivity contribution in [3.63, 3.8) is 0 Å². The van der Waals surface area contributed by atoms with Crippen molar-refractivity contribution in [2.24, 2.45) is 0 Å². The number of carboxylic acids is 1. The van der Waals surface area contributed by atoms with Crippen LogP contribution in [0.3, 0.4) is 0 Å². The zero-order valence-electron chi connectivity index (χ0n) is 5.40. The van der Waals surface area contributed by atoms with Gasteiger partial charge in [-0.2, -0.15) is 0 Å². The summed E-state index contributed by atoms with van der Waals surface area (Å²) < 4.78 is 12.5. The van der Waals surface area contributed by atoms with Gasteiger partial charge in [-0.3, -0.25) is 0 Å². The molecule has 0 spiro atoms. The highest BCUT2D eigenvalue weighted by Crippen LogP contribution is 1.79. The Hall–Kier alpha value is -0.460. The van der Waals surface area contributed by atoms with E-state index < -0.39 is 23.1 Å². The van der Waals surface area contributed by atoms with Crippen molar-refractivity contribution >= 4 is 17.0 Å². The molecule has 0 aromatic heterocycles. The predicted molar refractivity (Wildman–Crippen MR) is 35.7 cm³/mol. The minimum Gasteiger partial charge on any atom is -0.479 e. The predicted octanol–water partition coefficient (Wildman–Crippen LogP) is -1.68. The van der Waals surface area contributed by atoms with Crippen LogP contribution in [0, 0.1) is 0 Å². The van der Waals surface area contributed by atoms with E-state index in [9.17, 15) is 9.00 Å². The summed E-state index contributed by atoms with van der Waals surface area (Å²) in [4.78, 5) is 9.92. The highest BCUT2D eigenvalue weighted by Gasteiger charge is 2.11. The van der Waals surface area contributed by atoms with E-state index in [2.05, 4.69) is 4.72 Å². The summed E-state index contributed by atoms with van der Waals surface area (Å²) >= 11 is 0. The molecule has 3 N–H and O–H groups in total. The molecule has 0 radical (unpaired) electrons. The summed E-state index contributed by atoms with van der Waals surface area (Å²) in [6, 6.07) is 0. The minimum absolute atomic E-state index is 0.196. The third kappa shape index (κ3) is 4.42. The van der Waals surface area contributed by atoms with Crippen LogP contribution in [0.4, 0.5) is 0 Å². The number of aliphatic hydroxyl groups is 1. The highest BCUT2D eigenvalue weighted by atomic mass is 32.2. The van der Waals surface area contributed by atoms with E-state index in [1.54, 1.807) is 0 Å². The molecule has 2 atom stereocenters. The third-order valence-electron chi connectivity index (χ3n) is 0.765. The first-order chi connectivity index (χ1) is 4.54. The Morgan fingerprint density at radius 2 is 2.30 bits per heavy atom. The van der Waals surface area contributed by atoms with Crippen LogP contribution in [0.1, 0.15) is 0 Å². The number of rotatable bonds is 4. The molecule has 6 heteroatoms. The van der Waals surface area contributed by atoms with Crippen LogP contribution in [-0.4, -0.2) is 39.3 Å². The molecular weight excluding hydrogens is 158 g/mol. The Morgan fingerprint density at radius 3 is 2.60 bits per heavy atom. The normalized spacial score (nSPS) is 16.2. The van der Waals surface area contributed by atoms with Gasteiger partial charge >= 0.3 is 5.97 Å². The van der Waals surface area contributed by atoms with Crippen molar-refractivity contribution in [3.8, 4) is 0 Å². The lowest BCUT2D eigenvalue weighted by Crippen LogP contribution is -2.33. The molecule has 0 aromatic carbocycles.